The van der Waals surface area contributed by atoms with Crippen molar-refractivity contribution >= 4 is 21.9 Å². The molecular weight excluding hydrogens is 338 g/mol. The van der Waals surface area contributed by atoms with Crippen molar-refractivity contribution in [3.63, 3.8) is 0 Å². The van der Waals surface area contributed by atoms with E-state index in [-0.39, 0.29) is 55.6 Å². The lowest BCUT2D eigenvalue weighted by Gasteiger charge is -2.33. The number of hydrogen-bond acceptors (Lipinski definition) is 7. The van der Waals surface area contributed by atoms with Gasteiger partial charge in [0.25, 0.3) is 0 Å². The molecule has 0 N–H and O–H groups in total. The SMILES string of the molecule is COC(=O)CCC(=O)N1CCN(S(=O)(=O)c2c(C)noc2C)CC1. The van der Waals surface area contributed by atoms with Crippen molar-refractivity contribution in [3.8, 4) is 0 Å². The minimum Gasteiger partial charge on any atom is -0.469 e. The molecule has 0 aliphatic carbocycles. The number of aryl methyl sites for hydroxylation is 2. The van der Waals surface area contributed by atoms with Crippen LogP contribution in [0.4, 0.5) is 0 Å². The second kappa shape index (κ2) is 7.31. The van der Waals surface area contributed by atoms with E-state index in [4.69, 9.17) is 4.52 Å². The van der Waals surface area contributed by atoms with Gasteiger partial charge >= 0.3 is 5.97 Å². The molecule has 0 unspecified atom stereocenters. The van der Waals surface area contributed by atoms with Gasteiger partial charge in [-0.05, 0) is 13.8 Å². The third-order valence-corrected chi connectivity index (χ3v) is 6.07. The standard InChI is InChI=1S/C14H21N3O6S/c1-10-14(11(2)23-15-10)24(20,21)17-8-6-16(7-9-17)12(18)4-5-13(19)22-3/h4-9H2,1-3H3. The molecule has 0 aromatic carbocycles. The first kappa shape index (κ1) is 18.4. The van der Waals surface area contributed by atoms with Crippen LogP contribution in [0, 0.1) is 13.8 Å². The lowest BCUT2D eigenvalue weighted by molar-refractivity contribution is -0.143. The van der Waals surface area contributed by atoms with Crippen LogP contribution >= 0.6 is 0 Å². The monoisotopic (exact) mass is 359 g/mol. The Balaban J connectivity index is 1.97. The maximum atomic E-state index is 12.7. The van der Waals surface area contributed by atoms with Gasteiger partial charge in [0, 0.05) is 32.6 Å². The van der Waals surface area contributed by atoms with Gasteiger partial charge in [-0.1, -0.05) is 5.16 Å². The summed E-state index contributed by atoms with van der Waals surface area (Å²) in [5.74, 6) is -0.373. The van der Waals surface area contributed by atoms with Crippen molar-refractivity contribution in [1.82, 2.24) is 14.4 Å². The second-order valence-electron chi connectivity index (χ2n) is 5.51. The molecule has 134 valence electrons. The summed E-state index contributed by atoms with van der Waals surface area (Å²) in [6.45, 7) is 4.08. The van der Waals surface area contributed by atoms with E-state index in [0.717, 1.165) is 0 Å². The lowest BCUT2D eigenvalue weighted by Crippen LogP contribution is -2.50. The number of amides is 1. The molecular formula is C14H21N3O6S. The summed E-state index contributed by atoms with van der Waals surface area (Å²) in [6.07, 6.45) is 0.0796. The van der Waals surface area contributed by atoms with E-state index in [1.54, 1.807) is 18.7 Å². The second-order valence-corrected chi connectivity index (χ2v) is 7.39. The maximum Gasteiger partial charge on any atom is 0.306 e. The molecule has 1 aliphatic rings. The van der Waals surface area contributed by atoms with E-state index < -0.39 is 16.0 Å². The van der Waals surface area contributed by atoms with Crippen molar-refractivity contribution in [1.29, 1.82) is 0 Å². The highest BCUT2D eigenvalue weighted by molar-refractivity contribution is 7.89. The zero-order chi connectivity index (χ0) is 17.9. The van der Waals surface area contributed by atoms with Gasteiger partial charge in [-0.3, -0.25) is 9.59 Å². The van der Waals surface area contributed by atoms with Crippen LogP contribution in [-0.2, 0) is 24.3 Å². The molecule has 1 aromatic rings. The van der Waals surface area contributed by atoms with Gasteiger partial charge in [0.2, 0.25) is 15.9 Å². The largest absolute Gasteiger partial charge is 0.469 e. The summed E-state index contributed by atoms with van der Waals surface area (Å²) in [5.41, 5.74) is 0.323. The predicted molar refractivity (Wildman–Crippen MR) is 82.6 cm³/mol. The van der Waals surface area contributed by atoms with Gasteiger partial charge in [-0.25, -0.2) is 8.42 Å². The first-order chi connectivity index (χ1) is 11.3. The molecule has 9 nitrogen and oxygen atoms in total. The van der Waals surface area contributed by atoms with E-state index >= 15 is 0 Å². The molecule has 0 spiro atoms. The van der Waals surface area contributed by atoms with Crippen LogP contribution in [0.15, 0.2) is 9.42 Å². The number of hydrogen-bond donors (Lipinski definition) is 0. The molecule has 10 heteroatoms. The number of ether oxygens (including phenoxy) is 1. The van der Waals surface area contributed by atoms with Crippen LogP contribution in [0.1, 0.15) is 24.3 Å². The number of methoxy groups -OCH3 is 1. The summed E-state index contributed by atoms with van der Waals surface area (Å²) in [5, 5.41) is 3.68. The quantitative estimate of drug-likeness (QED) is 0.685. The Morgan fingerprint density at radius 2 is 1.79 bits per heavy atom. The molecule has 2 rings (SSSR count). The van der Waals surface area contributed by atoms with E-state index in [1.807, 2.05) is 0 Å². The summed E-state index contributed by atoms with van der Waals surface area (Å²) in [4.78, 5) is 24.8. The first-order valence-corrected chi connectivity index (χ1v) is 8.99. The maximum absolute atomic E-state index is 12.7. The Morgan fingerprint density at radius 3 is 2.29 bits per heavy atom. The topological polar surface area (TPSA) is 110 Å². The fourth-order valence-corrected chi connectivity index (χ4v) is 4.33. The van der Waals surface area contributed by atoms with Gasteiger partial charge in [-0.2, -0.15) is 4.31 Å². The molecule has 2 heterocycles. The smallest absolute Gasteiger partial charge is 0.306 e. The van der Waals surface area contributed by atoms with Crippen molar-refractivity contribution in [3.05, 3.63) is 11.5 Å². The van der Waals surface area contributed by atoms with Crippen molar-refractivity contribution in [2.75, 3.05) is 33.3 Å². The van der Waals surface area contributed by atoms with E-state index in [9.17, 15) is 18.0 Å². The number of esters is 1. The summed E-state index contributed by atoms with van der Waals surface area (Å²) >= 11 is 0. The number of rotatable bonds is 5. The van der Waals surface area contributed by atoms with Crippen LogP contribution in [0.5, 0.6) is 0 Å². The molecule has 1 amide bonds. The first-order valence-electron chi connectivity index (χ1n) is 7.55. The molecule has 24 heavy (non-hydrogen) atoms. The zero-order valence-electron chi connectivity index (χ0n) is 13.9. The summed E-state index contributed by atoms with van der Waals surface area (Å²) < 4.78 is 36.1. The highest BCUT2D eigenvalue weighted by Gasteiger charge is 2.34. The molecule has 0 atom stereocenters. The van der Waals surface area contributed by atoms with Gasteiger partial charge < -0.3 is 14.2 Å². The van der Waals surface area contributed by atoms with Crippen molar-refractivity contribution < 1.29 is 27.3 Å². The van der Waals surface area contributed by atoms with Gasteiger partial charge in [0.1, 0.15) is 10.6 Å². The number of sulfonamides is 1. The van der Waals surface area contributed by atoms with E-state index in [1.165, 1.54) is 11.4 Å². The fourth-order valence-electron chi connectivity index (χ4n) is 2.62. The Labute approximate surface area is 140 Å². The number of piperazine rings is 1. The molecule has 0 bridgehead atoms. The molecule has 1 aromatic heterocycles. The van der Waals surface area contributed by atoms with Crippen LogP contribution in [-0.4, -0.2) is 67.9 Å². The Morgan fingerprint density at radius 1 is 1.17 bits per heavy atom. The van der Waals surface area contributed by atoms with Gasteiger partial charge in [-0.15, -0.1) is 0 Å². The Kier molecular flexibility index (Phi) is 5.60. The zero-order valence-corrected chi connectivity index (χ0v) is 14.8. The van der Waals surface area contributed by atoms with Crippen LogP contribution < -0.4 is 0 Å². The van der Waals surface area contributed by atoms with Gasteiger partial charge in [0.05, 0.1) is 13.5 Å². The Hall–Kier alpha value is -1.94. The number of carbonyl (C=O) groups is 2. The number of carbonyl (C=O) groups excluding carboxylic acids is 2. The van der Waals surface area contributed by atoms with E-state index in [2.05, 4.69) is 9.89 Å². The van der Waals surface area contributed by atoms with Crippen molar-refractivity contribution in [2.45, 2.75) is 31.6 Å². The Bertz CT molecular complexity index is 699. The summed E-state index contributed by atoms with van der Waals surface area (Å²) in [6, 6.07) is 0. The van der Waals surface area contributed by atoms with Crippen LogP contribution in [0.2, 0.25) is 0 Å². The molecule has 0 saturated carbocycles. The normalized spacial score (nSPS) is 16.2. The average Bonchev–Trinajstić information content (AvgIpc) is 2.91. The third-order valence-electron chi connectivity index (χ3n) is 3.93. The van der Waals surface area contributed by atoms with Crippen LogP contribution in [0.3, 0.4) is 0 Å². The minimum atomic E-state index is -3.69. The molecule has 1 aliphatic heterocycles. The highest BCUT2D eigenvalue weighted by atomic mass is 32.2. The van der Waals surface area contributed by atoms with Gasteiger partial charge in [0.15, 0.2) is 5.76 Å². The fraction of sp³-hybridized carbons (Fsp3) is 0.643. The number of nitrogens with zero attached hydrogens (tertiary/aromatic N) is 3. The number of aromatic nitrogens is 1. The molecule has 1 saturated heterocycles. The lowest BCUT2D eigenvalue weighted by atomic mass is 10.2. The molecule has 0 radical (unpaired) electrons. The van der Waals surface area contributed by atoms with Crippen LogP contribution in [0.25, 0.3) is 0 Å². The molecule has 1 fully saturated rings. The third kappa shape index (κ3) is 3.75. The predicted octanol–water partition coefficient (Wildman–Crippen LogP) is 0.0775. The average molecular weight is 359 g/mol. The minimum absolute atomic E-state index is 0.0208. The van der Waals surface area contributed by atoms with E-state index in [0.29, 0.717) is 5.69 Å². The van der Waals surface area contributed by atoms with Crippen molar-refractivity contribution in [2.24, 2.45) is 0 Å². The highest BCUT2D eigenvalue weighted by Crippen LogP contribution is 2.24. The summed E-state index contributed by atoms with van der Waals surface area (Å²) in [7, 11) is -2.42.